The van der Waals surface area contributed by atoms with Gasteiger partial charge in [0.1, 0.15) is 11.5 Å². The number of ketones is 1. The maximum atomic E-state index is 13.4. The lowest BCUT2D eigenvalue weighted by Gasteiger charge is -2.14. The van der Waals surface area contributed by atoms with Crippen LogP contribution in [0.3, 0.4) is 0 Å². The Balaban J connectivity index is 1.72. The fraction of sp³-hybridized carbons (Fsp3) is 0.241. The highest BCUT2D eigenvalue weighted by atomic mass is 19.4. The summed E-state index contributed by atoms with van der Waals surface area (Å²) in [5, 5.41) is 9.88. The largest absolute Gasteiger partial charge is 0.573 e. The van der Waals surface area contributed by atoms with E-state index < -0.39 is 24.2 Å². The Hall–Kier alpha value is -4.31. The molecule has 10 heteroatoms. The number of ether oxygens (including phenoxy) is 3. The lowest BCUT2D eigenvalue weighted by Crippen LogP contribution is -2.26. The normalized spacial score (nSPS) is 12.3. The van der Waals surface area contributed by atoms with Crippen molar-refractivity contribution in [3.8, 4) is 11.5 Å². The number of carboxylic acids is 1. The molecule has 1 aromatic heterocycles. The molecular formula is C29H26F3NO6. The summed E-state index contributed by atoms with van der Waals surface area (Å²) < 4.78 is 55.0. The second kappa shape index (κ2) is 11.6. The number of nitrogens with zero attached hydrogens (tertiary/aromatic N) is 1. The molecule has 1 atom stereocenters. The third-order valence-corrected chi connectivity index (χ3v) is 6.09. The van der Waals surface area contributed by atoms with E-state index in [0.717, 1.165) is 11.1 Å². The van der Waals surface area contributed by atoms with Crippen LogP contribution in [0.4, 0.5) is 13.2 Å². The van der Waals surface area contributed by atoms with E-state index in [4.69, 9.17) is 9.47 Å². The van der Waals surface area contributed by atoms with Crippen LogP contribution < -0.4 is 9.47 Å². The predicted molar refractivity (Wildman–Crippen MR) is 137 cm³/mol. The number of carboxylic acid groups (broad SMARTS) is 1. The molecule has 0 fully saturated rings. The van der Waals surface area contributed by atoms with Gasteiger partial charge in [-0.3, -0.25) is 4.79 Å². The molecule has 0 aliphatic carbocycles. The molecular weight excluding hydrogens is 515 g/mol. The lowest BCUT2D eigenvalue weighted by atomic mass is 10.0. The molecule has 1 N–H and O–H groups in total. The highest BCUT2D eigenvalue weighted by molar-refractivity contribution is 6.16. The van der Waals surface area contributed by atoms with Crippen molar-refractivity contribution in [2.24, 2.45) is 0 Å². The van der Waals surface area contributed by atoms with Crippen LogP contribution in [0.2, 0.25) is 0 Å². The molecule has 0 radical (unpaired) electrons. The Morgan fingerprint density at radius 1 is 0.974 bits per heavy atom. The molecule has 0 aliphatic rings. The quantitative estimate of drug-likeness (QED) is 0.240. The van der Waals surface area contributed by atoms with Crippen LogP contribution >= 0.6 is 0 Å². The van der Waals surface area contributed by atoms with Gasteiger partial charge in [-0.25, -0.2) is 4.79 Å². The van der Waals surface area contributed by atoms with Gasteiger partial charge in [-0.05, 0) is 54.4 Å². The van der Waals surface area contributed by atoms with Gasteiger partial charge in [0.05, 0.1) is 12.6 Å². The summed E-state index contributed by atoms with van der Waals surface area (Å²) in [6.45, 7) is 2.17. The summed E-state index contributed by atoms with van der Waals surface area (Å²) in [5.41, 5.74) is 2.56. The summed E-state index contributed by atoms with van der Waals surface area (Å²) in [6, 6.07) is 17.5. The molecule has 3 aromatic carbocycles. The standard InChI is InChI=1S/C29H26F3NO6/c1-3-38-26(28(35)36)14-18-5-4-6-19(13-18)16-33-17-24(27(34)20-7-9-21(37-2)10-8-20)23-12-11-22(15-25(23)33)39-29(30,31)32/h4-13,15,17,26H,3,14,16H2,1-2H3,(H,35,36). The van der Waals surface area contributed by atoms with Gasteiger partial charge in [0.25, 0.3) is 0 Å². The first kappa shape index (κ1) is 27.7. The highest BCUT2D eigenvalue weighted by Gasteiger charge is 2.31. The molecule has 7 nitrogen and oxygen atoms in total. The summed E-state index contributed by atoms with van der Waals surface area (Å²) in [6.07, 6.45) is -4.13. The van der Waals surface area contributed by atoms with Crippen molar-refractivity contribution in [2.75, 3.05) is 13.7 Å². The fourth-order valence-corrected chi connectivity index (χ4v) is 4.36. The second-order valence-corrected chi connectivity index (χ2v) is 8.76. The average Bonchev–Trinajstić information content (AvgIpc) is 3.24. The van der Waals surface area contributed by atoms with E-state index in [1.54, 1.807) is 54.1 Å². The Kier molecular flexibility index (Phi) is 8.25. The van der Waals surface area contributed by atoms with Gasteiger partial charge >= 0.3 is 12.3 Å². The summed E-state index contributed by atoms with van der Waals surface area (Å²) in [7, 11) is 1.51. The van der Waals surface area contributed by atoms with Crippen molar-refractivity contribution in [1.82, 2.24) is 4.57 Å². The van der Waals surface area contributed by atoms with Crippen LogP contribution in [0.25, 0.3) is 10.9 Å². The first-order valence-corrected chi connectivity index (χ1v) is 12.1. The van der Waals surface area contributed by atoms with Gasteiger partial charge < -0.3 is 23.9 Å². The molecule has 0 amide bonds. The molecule has 1 heterocycles. The van der Waals surface area contributed by atoms with Gasteiger partial charge in [0.15, 0.2) is 11.9 Å². The first-order chi connectivity index (χ1) is 18.6. The zero-order valence-corrected chi connectivity index (χ0v) is 21.2. The lowest BCUT2D eigenvalue weighted by molar-refractivity contribution is -0.274. The van der Waals surface area contributed by atoms with E-state index in [1.165, 1.54) is 25.3 Å². The van der Waals surface area contributed by atoms with E-state index in [0.29, 0.717) is 27.8 Å². The van der Waals surface area contributed by atoms with Crippen LogP contribution in [0, 0.1) is 0 Å². The third-order valence-electron chi connectivity index (χ3n) is 6.09. The number of alkyl halides is 3. The number of fused-ring (bicyclic) bond motifs is 1. The van der Waals surface area contributed by atoms with Gasteiger partial charge in [0, 0.05) is 48.3 Å². The topological polar surface area (TPSA) is 87.0 Å². The smallest absolute Gasteiger partial charge is 0.497 e. The molecule has 4 rings (SSSR count). The Bertz CT molecular complexity index is 1480. The maximum absolute atomic E-state index is 13.4. The number of carbonyl (C=O) groups is 2. The van der Waals surface area contributed by atoms with Gasteiger partial charge in [0.2, 0.25) is 0 Å². The van der Waals surface area contributed by atoms with E-state index in [2.05, 4.69) is 4.74 Å². The number of aliphatic carboxylic acids is 1. The zero-order chi connectivity index (χ0) is 28.2. The van der Waals surface area contributed by atoms with Crippen LogP contribution in [-0.2, 0) is 22.5 Å². The molecule has 4 aromatic rings. The fourth-order valence-electron chi connectivity index (χ4n) is 4.36. The van der Waals surface area contributed by atoms with Crippen molar-refractivity contribution in [3.63, 3.8) is 0 Å². The Labute approximate surface area is 222 Å². The van der Waals surface area contributed by atoms with Crippen molar-refractivity contribution < 1.29 is 42.1 Å². The summed E-state index contributed by atoms with van der Waals surface area (Å²) >= 11 is 0. The number of hydrogen-bond acceptors (Lipinski definition) is 5. The predicted octanol–water partition coefficient (Wildman–Crippen LogP) is 5.86. The number of methoxy groups -OCH3 is 1. The van der Waals surface area contributed by atoms with Crippen molar-refractivity contribution in [2.45, 2.75) is 32.4 Å². The maximum Gasteiger partial charge on any atom is 0.573 e. The van der Waals surface area contributed by atoms with E-state index in [9.17, 15) is 27.9 Å². The molecule has 204 valence electrons. The van der Waals surface area contributed by atoms with Crippen molar-refractivity contribution in [3.05, 3.63) is 95.2 Å². The second-order valence-electron chi connectivity index (χ2n) is 8.76. The number of hydrogen-bond donors (Lipinski definition) is 1. The highest BCUT2D eigenvalue weighted by Crippen LogP contribution is 2.31. The number of carbonyl (C=O) groups excluding carboxylic acids is 1. The number of rotatable bonds is 11. The Morgan fingerprint density at radius 3 is 2.31 bits per heavy atom. The van der Waals surface area contributed by atoms with Crippen molar-refractivity contribution in [1.29, 1.82) is 0 Å². The van der Waals surface area contributed by atoms with Crippen LogP contribution in [0.1, 0.15) is 34.0 Å². The van der Waals surface area contributed by atoms with Crippen LogP contribution in [0.15, 0.2) is 72.9 Å². The first-order valence-electron chi connectivity index (χ1n) is 12.1. The minimum Gasteiger partial charge on any atom is -0.497 e. The Morgan fingerprint density at radius 2 is 1.67 bits per heavy atom. The summed E-state index contributed by atoms with van der Waals surface area (Å²) in [5.74, 6) is -1.21. The van der Waals surface area contributed by atoms with E-state index in [1.807, 2.05) is 12.1 Å². The molecule has 39 heavy (non-hydrogen) atoms. The van der Waals surface area contributed by atoms with Crippen molar-refractivity contribution >= 4 is 22.7 Å². The van der Waals surface area contributed by atoms with Crippen LogP contribution in [0.5, 0.6) is 11.5 Å². The molecule has 0 spiro atoms. The number of benzene rings is 3. The molecule has 0 saturated carbocycles. The average molecular weight is 542 g/mol. The minimum atomic E-state index is -4.87. The zero-order valence-electron chi connectivity index (χ0n) is 21.2. The van der Waals surface area contributed by atoms with Gasteiger partial charge in [-0.15, -0.1) is 13.2 Å². The summed E-state index contributed by atoms with van der Waals surface area (Å²) in [4.78, 5) is 24.9. The molecule has 1 unspecified atom stereocenters. The van der Waals surface area contributed by atoms with E-state index in [-0.39, 0.29) is 25.4 Å². The van der Waals surface area contributed by atoms with E-state index >= 15 is 0 Å². The van der Waals surface area contributed by atoms with Crippen LogP contribution in [-0.4, -0.2) is 47.6 Å². The van der Waals surface area contributed by atoms with Gasteiger partial charge in [-0.1, -0.05) is 24.3 Å². The molecule has 0 saturated heterocycles. The van der Waals surface area contributed by atoms with Gasteiger partial charge in [-0.2, -0.15) is 0 Å². The minimum absolute atomic E-state index is 0.147. The number of aromatic nitrogens is 1. The third kappa shape index (κ3) is 6.77. The molecule has 0 bridgehead atoms. The monoisotopic (exact) mass is 541 g/mol. The number of halogens is 3. The SMILES string of the molecule is CCOC(Cc1cccc(Cn2cc(C(=O)c3ccc(OC)cc3)c3ccc(OC(F)(F)F)cc32)c1)C(=O)O. The molecule has 0 aliphatic heterocycles.